The lowest BCUT2D eigenvalue weighted by molar-refractivity contribution is 0.729. The molecule has 0 N–H and O–H groups in total. The number of hydrogen-bond acceptors (Lipinski definition) is 5. The molecular formula is C9H8N6. The maximum absolute atomic E-state index is 4.43. The van der Waals surface area contributed by atoms with Gasteiger partial charge < -0.3 is 0 Å². The third-order valence-electron chi connectivity index (χ3n) is 2.45. The summed E-state index contributed by atoms with van der Waals surface area (Å²) in [5.41, 5.74) is 2.46. The van der Waals surface area contributed by atoms with Crippen LogP contribution in [0.2, 0.25) is 0 Å². The van der Waals surface area contributed by atoms with Crippen molar-refractivity contribution < 1.29 is 0 Å². The largest absolute Gasteiger partial charge is 0.232 e. The monoisotopic (exact) mass is 200 g/mol. The fourth-order valence-electron chi connectivity index (χ4n) is 1.67. The number of pyridine rings is 1. The van der Waals surface area contributed by atoms with E-state index in [-0.39, 0.29) is 0 Å². The number of nitrogens with zero attached hydrogens (tertiary/aromatic N) is 6. The summed E-state index contributed by atoms with van der Waals surface area (Å²) in [7, 11) is 1.82. The Balaban J connectivity index is 2.65. The Morgan fingerprint density at radius 2 is 1.87 bits per heavy atom. The zero-order chi connectivity index (χ0) is 10.4. The lowest BCUT2D eigenvalue weighted by Crippen LogP contribution is -1.94. The van der Waals surface area contributed by atoms with E-state index >= 15 is 0 Å². The van der Waals surface area contributed by atoms with Crippen molar-refractivity contribution in [2.45, 2.75) is 6.92 Å². The van der Waals surface area contributed by atoms with Gasteiger partial charge in [0, 0.05) is 23.5 Å². The summed E-state index contributed by atoms with van der Waals surface area (Å²) in [4.78, 5) is 4.43. The molecule has 3 heterocycles. The second-order valence-corrected chi connectivity index (χ2v) is 3.40. The molecule has 6 nitrogen and oxygen atoms in total. The lowest BCUT2D eigenvalue weighted by atomic mass is 10.2. The molecule has 0 aromatic carbocycles. The van der Waals surface area contributed by atoms with Gasteiger partial charge in [0.15, 0.2) is 5.65 Å². The predicted octanol–water partition coefficient (Wildman–Crippen LogP) is 0.615. The van der Waals surface area contributed by atoms with Gasteiger partial charge in [0.1, 0.15) is 5.52 Å². The van der Waals surface area contributed by atoms with Crippen LogP contribution in [0.25, 0.3) is 21.9 Å². The lowest BCUT2D eigenvalue weighted by Gasteiger charge is -2.00. The van der Waals surface area contributed by atoms with E-state index in [0.29, 0.717) is 0 Å². The first-order valence-corrected chi connectivity index (χ1v) is 4.54. The molecule has 0 radical (unpaired) electrons. The van der Waals surface area contributed by atoms with Crippen molar-refractivity contribution in [2.75, 3.05) is 0 Å². The van der Waals surface area contributed by atoms with E-state index in [1.54, 1.807) is 17.1 Å². The van der Waals surface area contributed by atoms with E-state index in [1.807, 2.05) is 14.0 Å². The number of aryl methyl sites for hydroxylation is 2. The van der Waals surface area contributed by atoms with Gasteiger partial charge in [0.2, 0.25) is 0 Å². The first-order chi connectivity index (χ1) is 7.27. The van der Waals surface area contributed by atoms with Crippen molar-refractivity contribution in [3.05, 3.63) is 18.1 Å². The van der Waals surface area contributed by atoms with Crippen LogP contribution in [0.4, 0.5) is 0 Å². The molecule has 0 saturated heterocycles. The summed E-state index contributed by atoms with van der Waals surface area (Å²) < 4.78 is 1.65. The highest BCUT2D eigenvalue weighted by atomic mass is 15.4. The Labute approximate surface area is 84.9 Å². The maximum Gasteiger partial charge on any atom is 0.179 e. The molecule has 3 aromatic heterocycles. The summed E-state index contributed by atoms with van der Waals surface area (Å²) in [5.74, 6) is 0. The molecular weight excluding hydrogens is 192 g/mol. The third kappa shape index (κ3) is 1.01. The predicted molar refractivity (Wildman–Crippen MR) is 54.1 cm³/mol. The van der Waals surface area contributed by atoms with Crippen LogP contribution < -0.4 is 0 Å². The molecule has 15 heavy (non-hydrogen) atoms. The van der Waals surface area contributed by atoms with Crippen molar-refractivity contribution >= 4 is 21.9 Å². The molecule has 0 spiro atoms. The van der Waals surface area contributed by atoms with Gasteiger partial charge in [-0.25, -0.2) is 9.67 Å². The number of rotatable bonds is 0. The van der Waals surface area contributed by atoms with Crippen molar-refractivity contribution in [3.8, 4) is 0 Å². The minimum Gasteiger partial charge on any atom is -0.232 e. The van der Waals surface area contributed by atoms with Gasteiger partial charge in [-0.05, 0) is 6.92 Å². The molecule has 74 valence electrons. The fourth-order valence-corrected chi connectivity index (χ4v) is 1.67. The van der Waals surface area contributed by atoms with Gasteiger partial charge in [0.05, 0.1) is 12.4 Å². The quantitative estimate of drug-likeness (QED) is 0.532. The Morgan fingerprint density at radius 1 is 1.13 bits per heavy atom. The molecule has 6 heteroatoms. The van der Waals surface area contributed by atoms with E-state index in [4.69, 9.17) is 0 Å². The highest BCUT2D eigenvalue weighted by molar-refractivity contribution is 6.02. The molecule has 3 rings (SSSR count). The molecule has 3 aromatic rings. The smallest absolute Gasteiger partial charge is 0.179 e. The third-order valence-corrected chi connectivity index (χ3v) is 2.45. The Hall–Kier alpha value is -2.11. The van der Waals surface area contributed by atoms with Crippen molar-refractivity contribution in [2.24, 2.45) is 7.05 Å². The minimum absolute atomic E-state index is 0.771. The summed E-state index contributed by atoms with van der Waals surface area (Å²) >= 11 is 0. The highest BCUT2D eigenvalue weighted by Gasteiger charge is 2.10. The molecule has 0 aliphatic heterocycles. The summed E-state index contributed by atoms with van der Waals surface area (Å²) in [5, 5.41) is 17.6. The van der Waals surface area contributed by atoms with Gasteiger partial charge in [-0.15, -0.1) is 5.10 Å². The van der Waals surface area contributed by atoms with E-state index in [0.717, 1.165) is 27.6 Å². The Morgan fingerprint density at radius 3 is 2.67 bits per heavy atom. The van der Waals surface area contributed by atoms with Crippen LogP contribution in [0.3, 0.4) is 0 Å². The van der Waals surface area contributed by atoms with Gasteiger partial charge >= 0.3 is 0 Å². The van der Waals surface area contributed by atoms with Crippen LogP contribution in [-0.2, 0) is 7.05 Å². The molecule has 0 saturated carbocycles. The van der Waals surface area contributed by atoms with Crippen LogP contribution in [0.15, 0.2) is 12.4 Å². The zero-order valence-electron chi connectivity index (χ0n) is 8.34. The summed E-state index contributed by atoms with van der Waals surface area (Å²) in [6, 6.07) is 0. The Bertz CT molecular complexity index is 656. The molecule has 0 aliphatic rings. The van der Waals surface area contributed by atoms with E-state index in [9.17, 15) is 0 Å². The molecule has 0 bridgehead atoms. The average molecular weight is 200 g/mol. The second kappa shape index (κ2) is 2.69. The van der Waals surface area contributed by atoms with Crippen LogP contribution in [-0.4, -0.2) is 30.2 Å². The van der Waals surface area contributed by atoms with Crippen LogP contribution in [0.5, 0.6) is 0 Å². The summed E-state index contributed by atoms with van der Waals surface area (Å²) in [6.45, 7) is 1.94. The molecule has 0 unspecified atom stereocenters. The van der Waals surface area contributed by atoms with E-state index in [2.05, 4.69) is 25.5 Å². The van der Waals surface area contributed by atoms with Crippen LogP contribution in [0.1, 0.15) is 5.69 Å². The van der Waals surface area contributed by atoms with Crippen molar-refractivity contribution in [1.29, 1.82) is 0 Å². The van der Waals surface area contributed by atoms with Crippen molar-refractivity contribution in [1.82, 2.24) is 30.2 Å². The standard InChI is InChI=1S/C9H8N6/c1-5-6-3-10-11-4-7(6)8-9(12-5)15(2)14-13-8/h3-4H,1-2H3. The maximum atomic E-state index is 4.43. The average Bonchev–Trinajstić information content (AvgIpc) is 2.62. The minimum atomic E-state index is 0.771. The highest BCUT2D eigenvalue weighted by Crippen LogP contribution is 2.21. The normalized spacial score (nSPS) is 11.3. The van der Waals surface area contributed by atoms with Gasteiger partial charge in [-0.1, -0.05) is 5.21 Å². The first kappa shape index (κ1) is 8.22. The topological polar surface area (TPSA) is 69.4 Å². The van der Waals surface area contributed by atoms with E-state index in [1.165, 1.54) is 0 Å². The summed E-state index contributed by atoms with van der Waals surface area (Å²) in [6.07, 6.45) is 3.40. The van der Waals surface area contributed by atoms with Crippen molar-refractivity contribution in [3.63, 3.8) is 0 Å². The van der Waals surface area contributed by atoms with Gasteiger partial charge in [0.25, 0.3) is 0 Å². The SMILES string of the molecule is Cc1nc2c(nnn2C)c2cnncc12. The van der Waals surface area contributed by atoms with Gasteiger partial charge in [-0.3, -0.25) is 0 Å². The molecule has 0 aliphatic carbocycles. The van der Waals surface area contributed by atoms with Gasteiger partial charge in [-0.2, -0.15) is 10.2 Å². The van der Waals surface area contributed by atoms with Crippen LogP contribution >= 0.6 is 0 Å². The Kier molecular flexibility index (Phi) is 1.47. The number of hydrogen-bond donors (Lipinski definition) is 0. The molecule has 0 atom stereocenters. The number of fused-ring (bicyclic) bond motifs is 3. The first-order valence-electron chi connectivity index (χ1n) is 4.54. The zero-order valence-corrected chi connectivity index (χ0v) is 8.34. The fraction of sp³-hybridized carbons (Fsp3) is 0.222. The van der Waals surface area contributed by atoms with Crippen LogP contribution in [0, 0.1) is 6.92 Å². The van der Waals surface area contributed by atoms with E-state index < -0.39 is 0 Å². The molecule has 0 fully saturated rings. The molecule has 0 amide bonds. The number of aromatic nitrogens is 6. The second-order valence-electron chi connectivity index (χ2n) is 3.40.